The average molecular weight is 354 g/mol. The topological polar surface area (TPSA) is 55.4 Å². The van der Waals surface area contributed by atoms with Crippen molar-refractivity contribution in [3.8, 4) is 0 Å². The van der Waals surface area contributed by atoms with Crippen LogP contribution in [0.4, 0.5) is 0 Å². The molecule has 4 nitrogen and oxygen atoms in total. The van der Waals surface area contributed by atoms with Crippen molar-refractivity contribution in [3.63, 3.8) is 0 Å². The quantitative estimate of drug-likeness (QED) is 0.795. The SMILES string of the molecule is CCOC(=O)[C@H](CC(C)C)NC(=O)C1CSc2ccccc2S1. The van der Waals surface area contributed by atoms with E-state index in [2.05, 4.69) is 11.4 Å². The van der Waals surface area contributed by atoms with Gasteiger partial charge in [0.25, 0.3) is 0 Å². The minimum absolute atomic E-state index is 0.0873. The molecule has 1 aliphatic heterocycles. The van der Waals surface area contributed by atoms with E-state index in [0.717, 1.165) is 4.90 Å². The average Bonchev–Trinajstić information content (AvgIpc) is 2.53. The van der Waals surface area contributed by atoms with Crippen molar-refractivity contribution in [2.24, 2.45) is 5.92 Å². The Labute approximate surface area is 146 Å². The van der Waals surface area contributed by atoms with E-state index in [1.165, 1.54) is 4.90 Å². The molecule has 2 atom stereocenters. The number of nitrogens with one attached hydrogen (secondary N) is 1. The smallest absolute Gasteiger partial charge is 0.328 e. The first-order valence-electron chi connectivity index (χ1n) is 7.86. The molecule has 1 aliphatic rings. The predicted octanol–water partition coefficient (Wildman–Crippen LogP) is 3.35. The zero-order valence-electron chi connectivity index (χ0n) is 13.7. The van der Waals surface area contributed by atoms with E-state index in [4.69, 9.17) is 4.74 Å². The summed E-state index contributed by atoms with van der Waals surface area (Å²) in [6, 6.07) is 7.52. The van der Waals surface area contributed by atoms with E-state index in [1.807, 2.05) is 32.0 Å². The molecule has 126 valence electrons. The fourth-order valence-corrected chi connectivity index (χ4v) is 4.83. The summed E-state index contributed by atoms with van der Waals surface area (Å²) in [5.41, 5.74) is 0. The molecule has 0 saturated carbocycles. The van der Waals surface area contributed by atoms with Crippen LogP contribution in [-0.4, -0.2) is 35.5 Å². The largest absolute Gasteiger partial charge is 0.464 e. The maximum absolute atomic E-state index is 12.6. The van der Waals surface area contributed by atoms with Crippen molar-refractivity contribution in [2.75, 3.05) is 12.4 Å². The van der Waals surface area contributed by atoms with Crippen molar-refractivity contribution >= 4 is 35.4 Å². The maximum Gasteiger partial charge on any atom is 0.328 e. The first kappa shape index (κ1) is 18.2. The molecule has 23 heavy (non-hydrogen) atoms. The molecule has 1 heterocycles. The summed E-state index contributed by atoms with van der Waals surface area (Å²) in [7, 11) is 0. The molecule has 0 bridgehead atoms. The van der Waals surface area contributed by atoms with Gasteiger partial charge in [-0.15, -0.1) is 23.5 Å². The summed E-state index contributed by atoms with van der Waals surface area (Å²) in [5.74, 6) is 0.586. The van der Waals surface area contributed by atoms with Crippen LogP contribution in [0.5, 0.6) is 0 Å². The standard InChI is InChI=1S/C17H23NO3S2/c1-4-21-17(20)12(9-11(2)3)18-16(19)15-10-22-13-7-5-6-8-14(13)23-15/h5-8,11-12,15H,4,9-10H2,1-3H3,(H,18,19)/t12-,15?/m0/s1. The van der Waals surface area contributed by atoms with Gasteiger partial charge in [0.05, 0.1) is 11.9 Å². The number of amides is 1. The number of carbonyl (C=O) groups excluding carboxylic acids is 2. The van der Waals surface area contributed by atoms with Crippen LogP contribution in [0.3, 0.4) is 0 Å². The van der Waals surface area contributed by atoms with E-state index >= 15 is 0 Å². The molecule has 0 spiro atoms. The molecule has 1 unspecified atom stereocenters. The number of rotatable bonds is 6. The van der Waals surface area contributed by atoms with Gasteiger partial charge in [0.15, 0.2) is 0 Å². The molecule has 0 aliphatic carbocycles. The molecule has 0 radical (unpaired) electrons. The van der Waals surface area contributed by atoms with Crippen LogP contribution in [0.15, 0.2) is 34.1 Å². The van der Waals surface area contributed by atoms with E-state index in [1.54, 1.807) is 30.4 Å². The fourth-order valence-electron chi connectivity index (χ4n) is 2.34. The number of ether oxygens (including phenoxy) is 1. The van der Waals surface area contributed by atoms with Crippen molar-refractivity contribution in [2.45, 2.75) is 48.3 Å². The van der Waals surface area contributed by atoms with Crippen LogP contribution in [-0.2, 0) is 14.3 Å². The number of thioether (sulfide) groups is 2. The van der Waals surface area contributed by atoms with Crippen LogP contribution in [0.25, 0.3) is 0 Å². The van der Waals surface area contributed by atoms with Gasteiger partial charge < -0.3 is 10.1 Å². The highest BCUT2D eigenvalue weighted by Crippen LogP contribution is 2.40. The highest BCUT2D eigenvalue weighted by molar-refractivity contribution is 8.06. The Balaban J connectivity index is 2.00. The molecular weight excluding hydrogens is 330 g/mol. The zero-order valence-corrected chi connectivity index (χ0v) is 15.3. The lowest BCUT2D eigenvalue weighted by atomic mass is 10.0. The third-order valence-corrected chi connectivity index (χ3v) is 6.18. The Morgan fingerprint density at radius 3 is 2.65 bits per heavy atom. The van der Waals surface area contributed by atoms with Gasteiger partial charge in [0.2, 0.25) is 5.91 Å². The summed E-state index contributed by atoms with van der Waals surface area (Å²) in [6.45, 7) is 6.15. The number of esters is 1. The van der Waals surface area contributed by atoms with Gasteiger partial charge in [-0.3, -0.25) is 4.79 Å². The van der Waals surface area contributed by atoms with E-state index in [-0.39, 0.29) is 17.1 Å². The molecule has 0 fully saturated rings. The first-order chi connectivity index (χ1) is 11.0. The molecule has 0 aromatic heterocycles. The number of hydrogen-bond acceptors (Lipinski definition) is 5. The van der Waals surface area contributed by atoms with Crippen molar-refractivity contribution < 1.29 is 14.3 Å². The number of hydrogen-bond donors (Lipinski definition) is 1. The summed E-state index contributed by atoms with van der Waals surface area (Å²) < 4.78 is 5.08. The highest BCUT2D eigenvalue weighted by atomic mass is 32.2. The third kappa shape index (κ3) is 5.18. The van der Waals surface area contributed by atoms with Gasteiger partial charge in [0.1, 0.15) is 6.04 Å². The monoisotopic (exact) mass is 353 g/mol. The molecule has 0 saturated heterocycles. The second-order valence-electron chi connectivity index (χ2n) is 5.81. The van der Waals surface area contributed by atoms with Crippen LogP contribution >= 0.6 is 23.5 Å². The van der Waals surface area contributed by atoms with E-state index < -0.39 is 6.04 Å². The number of carbonyl (C=O) groups is 2. The van der Waals surface area contributed by atoms with Crippen molar-refractivity contribution in [3.05, 3.63) is 24.3 Å². The summed E-state index contributed by atoms with van der Waals surface area (Å²) in [4.78, 5) is 26.9. The Bertz CT molecular complexity index is 563. The minimum Gasteiger partial charge on any atom is -0.464 e. The minimum atomic E-state index is -0.565. The molecule has 1 amide bonds. The lowest BCUT2D eigenvalue weighted by Gasteiger charge is -2.25. The first-order valence-corrected chi connectivity index (χ1v) is 9.73. The lowest BCUT2D eigenvalue weighted by molar-refractivity contribution is -0.147. The second-order valence-corrected chi connectivity index (χ2v) is 8.11. The van der Waals surface area contributed by atoms with Crippen molar-refractivity contribution in [1.82, 2.24) is 5.32 Å². The number of benzene rings is 1. The van der Waals surface area contributed by atoms with Crippen LogP contribution in [0.2, 0.25) is 0 Å². The third-order valence-electron chi connectivity index (χ3n) is 3.40. The summed E-state index contributed by atoms with van der Waals surface area (Å²) in [5, 5.41) is 2.70. The molecule has 1 aromatic carbocycles. The molecule has 6 heteroatoms. The molecule has 1 aromatic rings. The fraction of sp³-hybridized carbons (Fsp3) is 0.529. The second kappa shape index (κ2) is 8.64. The van der Waals surface area contributed by atoms with E-state index in [0.29, 0.717) is 24.7 Å². The van der Waals surface area contributed by atoms with Gasteiger partial charge in [-0.1, -0.05) is 26.0 Å². The zero-order chi connectivity index (χ0) is 16.8. The Hall–Kier alpha value is -1.14. The van der Waals surface area contributed by atoms with Crippen LogP contribution in [0, 0.1) is 5.92 Å². The molecule has 2 rings (SSSR count). The van der Waals surface area contributed by atoms with Gasteiger partial charge in [-0.2, -0.15) is 0 Å². The normalized spacial score (nSPS) is 18.2. The summed E-state index contributed by atoms with van der Waals surface area (Å²) in [6.07, 6.45) is 0.589. The summed E-state index contributed by atoms with van der Waals surface area (Å²) >= 11 is 3.25. The van der Waals surface area contributed by atoms with E-state index in [9.17, 15) is 9.59 Å². The van der Waals surface area contributed by atoms with Crippen molar-refractivity contribution in [1.29, 1.82) is 0 Å². The Morgan fingerprint density at radius 2 is 2.00 bits per heavy atom. The number of fused-ring (bicyclic) bond motifs is 1. The Kier molecular flexibility index (Phi) is 6.84. The highest BCUT2D eigenvalue weighted by Gasteiger charge is 2.30. The molecular formula is C17H23NO3S2. The predicted molar refractivity (Wildman–Crippen MR) is 94.8 cm³/mol. The van der Waals surface area contributed by atoms with Gasteiger partial charge in [0, 0.05) is 15.5 Å². The van der Waals surface area contributed by atoms with Gasteiger partial charge in [-0.25, -0.2) is 4.79 Å². The molecule has 1 N–H and O–H groups in total. The van der Waals surface area contributed by atoms with Gasteiger partial charge in [-0.05, 0) is 31.4 Å². The van der Waals surface area contributed by atoms with Crippen LogP contribution in [0.1, 0.15) is 27.2 Å². The lowest BCUT2D eigenvalue weighted by Crippen LogP contribution is -2.47. The Morgan fingerprint density at radius 1 is 1.30 bits per heavy atom. The van der Waals surface area contributed by atoms with Gasteiger partial charge >= 0.3 is 5.97 Å². The van der Waals surface area contributed by atoms with Crippen LogP contribution < -0.4 is 5.32 Å². The maximum atomic E-state index is 12.6.